The predicted octanol–water partition coefficient (Wildman–Crippen LogP) is 1.84. The number of carboxylic acids is 2. The quantitative estimate of drug-likeness (QED) is 0.591. The third kappa shape index (κ3) is 8.69. The molecular weight excluding hydrogens is 392 g/mol. The van der Waals surface area contributed by atoms with Crippen molar-refractivity contribution in [2.24, 2.45) is 0 Å². The van der Waals surface area contributed by atoms with E-state index in [0.717, 1.165) is 44.3 Å². The van der Waals surface area contributed by atoms with Crippen molar-refractivity contribution in [3.63, 3.8) is 0 Å². The number of rotatable bonds is 7. The van der Waals surface area contributed by atoms with Crippen LogP contribution in [0.5, 0.6) is 0 Å². The largest absolute Gasteiger partial charge is 0.481 e. The first-order chi connectivity index (χ1) is 14.3. The van der Waals surface area contributed by atoms with Gasteiger partial charge < -0.3 is 28.7 Å². The molecule has 11 nitrogen and oxygen atoms in total. The Morgan fingerprint density at radius 3 is 2.03 bits per heavy atom. The van der Waals surface area contributed by atoms with Crippen LogP contribution in [-0.4, -0.2) is 64.5 Å². The number of carbonyl (C=O) groups is 2. The van der Waals surface area contributed by atoms with Crippen LogP contribution in [0.4, 0.5) is 0 Å². The number of carboxylic acid groups (broad SMARTS) is 2. The molecule has 0 aliphatic rings. The average Bonchev–Trinajstić information content (AvgIpc) is 3.39. The Hall–Kier alpha value is -3.47. The van der Waals surface area contributed by atoms with Crippen molar-refractivity contribution >= 4 is 11.9 Å². The fraction of sp³-hybridized carbons (Fsp3) is 0.421. The minimum atomic E-state index is -0.833. The van der Waals surface area contributed by atoms with Crippen LogP contribution in [0.3, 0.4) is 0 Å². The summed E-state index contributed by atoms with van der Waals surface area (Å²) in [6.07, 6.45) is 11.4. The molecule has 0 unspecified atom stereocenters. The molecular formula is C19H28N6O5. The molecule has 3 rings (SSSR count). The van der Waals surface area contributed by atoms with Gasteiger partial charge in [0.25, 0.3) is 11.9 Å². The van der Waals surface area contributed by atoms with E-state index in [1.54, 1.807) is 19.5 Å². The van der Waals surface area contributed by atoms with Gasteiger partial charge in [-0.1, -0.05) is 0 Å². The summed E-state index contributed by atoms with van der Waals surface area (Å²) in [5.74, 6) is 0.0177. The molecule has 3 aromatic heterocycles. The highest BCUT2D eigenvalue weighted by molar-refractivity contribution is 5.63. The lowest BCUT2D eigenvalue weighted by Gasteiger charge is -2.09. The fourth-order valence-electron chi connectivity index (χ4n) is 2.36. The number of imidazole rings is 3. The first-order valence-corrected chi connectivity index (χ1v) is 9.19. The van der Waals surface area contributed by atoms with Crippen LogP contribution < -0.4 is 0 Å². The molecule has 0 atom stereocenters. The molecule has 0 saturated heterocycles. The maximum absolute atomic E-state index is 9.00. The number of methoxy groups -OCH3 is 1. The molecule has 0 aliphatic carbocycles. The third-order valence-electron chi connectivity index (χ3n) is 3.55. The summed E-state index contributed by atoms with van der Waals surface area (Å²) in [6, 6.07) is 0. The number of aryl methyl sites for hydroxylation is 1. The van der Waals surface area contributed by atoms with Gasteiger partial charge in [-0.15, -0.1) is 0 Å². The number of ether oxygens (including phenoxy) is 1. The lowest BCUT2D eigenvalue weighted by molar-refractivity contribution is -0.135. The van der Waals surface area contributed by atoms with E-state index >= 15 is 0 Å². The molecule has 0 spiro atoms. The molecule has 3 aromatic rings. The smallest absolute Gasteiger partial charge is 0.300 e. The molecule has 3 heterocycles. The Balaban J connectivity index is 0.000000485. The molecule has 0 radical (unpaired) electrons. The lowest BCUT2D eigenvalue weighted by atomic mass is 10.4. The second kappa shape index (κ2) is 12.9. The Morgan fingerprint density at radius 1 is 1.00 bits per heavy atom. The van der Waals surface area contributed by atoms with Gasteiger partial charge in [-0.25, -0.2) is 15.0 Å². The summed E-state index contributed by atoms with van der Waals surface area (Å²) in [4.78, 5) is 31.3. The van der Waals surface area contributed by atoms with Gasteiger partial charge in [0.2, 0.25) is 0 Å². The van der Waals surface area contributed by atoms with Crippen molar-refractivity contribution in [2.45, 2.75) is 40.4 Å². The van der Waals surface area contributed by atoms with Crippen molar-refractivity contribution < 1.29 is 24.5 Å². The highest BCUT2D eigenvalue weighted by Gasteiger charge is 2.13. The zero-order valence-corrected chi connectivity index (χ0v) is 17.6. The van der Waals surface area contributed by atoms with E-state index in [9.17, 15) is 0 Å². The van der Waals surface area contributed by atoms with Crippen LogP contribution in [0.1, 0.15) is 26.5 Å². The topological polar surface area (TPSA) is 137 Å². The Bertz CT molecular complexity index is 894. The molecule has 0 fully saturated rings. The van der Waals surface area contributed by atoms with Crippen LogP contribution >= 0.6 is 0 Å². The van der Waals surface area contributed by atoms with Gasteiger partial charge in [-0.05, 0) is 6.92 Å². The molecule has 0 aliphatic heterocycles. The monoisotopic (exact) mass is 420 g/mol. The van der Waals surface area contributed by atoms with Crippen LogP contribution in [0, 0.1) is 0 Å². The van der Waals surface area contributed by atoms with E-state index in [1.165, 1.54) is 0 Å². The van der Waals surface area contributed by atoms with Crippen LogP contribution in [0.15, 0.2) is 37.3 Å². The first kappa shape index (κ1) is 24.6. The van der Waals surface area contributed by atoms with Gasteiger partial charge in [0.1, 0.15) is 0 Å². The van der Waals surface area contributed by atoms with Crippen LogP contribution in [0.2, 0.25) is 0 Å². The van der Waals surface area contributed by atoms with E-state index in [1.807, 2.05) is 23.3 Å². The highest BCUT2D eigenvalue weighted by Crippen LogP contribution is 2.16. The van der Waals surface area contributed by atoms with Crippen LogP contribution in [0.25, 0.3) is 11.6 Å². The number of hydrogen-bond acceptors (Lipinski definition) is 6. The van der Waals surface area contributed by atoms with Crippen molar-refractivity contribution in [1.82, 2.24) is 28.7 Å². The molecule has 2 N–H and O–H groups in total. The summed E-state index contributed by atoms with van der Waals surface area (Å²) in [5, 5.41) is 14.8. The van der Waals surface area contributed by atoms with Gasteiger partial charge in [-0.3, -0.25) is 9.59 Å². The van der Waals surface area contributed by atoms with Gasteiger partial charge in [-0.2, -0.15) is 0 Å². The molecule has 0 saturated carbocycles. The zero-order chi connectivity index (χ0) is 22.5. The first-order valence-electron chi connectivity index (χ1n) is 9.19. The van der Waals surface area contributed by atoms with Gasteiger partial charge >= 0.3 is 0 Å². The van der Waals surface area contributed by atoms with Gasteiger partial charge in [0.05, 0.1) is 25.2 Å². The summed E-state index contributed by atoms with van der Waals surface area (Å²) in [5.41, 5.74) is 1.01. The normalized spacial score (nSPS) is 9.87. The molecule has 0 bridgehead atoms. The van der Waals surface area contributed by atoms with Crippen molar-refractivity contribution in [3.8, 4) is 11.6 Å². The summed E-state index contributed by atoms with van der Waals surface area (Å²) in [7, 11) is 1.70. The minimum Gasteiger partial charge on any atom is -0.481 e. The van der Waals surface area contributed by atoms with E-state index in [-0.39, 0.29) is 0 Å². The molecule has 30 heavy (non-hydrogen) atoms. The standard InChI is InChI=1S/C15H20N6O.2C2H4O2/c1-3-19-10-13(18-12-19)11-21-7-5-17-15(21)14-16-4-6-20(14)8-9-22-2;2*1-2(3)4/h4-7,10,12H,3,8-9,11H2,1-2H3;2*1H3,(H,3,4). The maximum Gasteiger partial charge on any atom is 0.300 e. The Labute approximate surface area is 174 Å². The Morgan fingerprint density at radius 2 is 1.53 bits per heavy atom. The maximum atomic E-state index is 9.00. The molecule has 11 heteroatoms. The molecule has 0 aromatic carbocycles. The summed E-state index contributed by atoms with van der Waals surface area (Å²) >= 11 is 0. The van der Waals surface area contributed by atoms with Crippen LogP contribution in [-0.2, 0) is 34.0 Å². The summed E-state index contributed by atoms with van der Waals surface area (Å²) < 4.78 is 11.3. The molecule has 0 amide bonds. The van der Waals surface area contributed by atoms with Gasteiger partial charge in [0, 0.05) is 65.0 Å². The summed E-state index contributed by atoms with van der Waals surface area (Å²) in [6.45, 7) is 7.26. The number of hydrogen-bond donors (Lipinski definition) is 2. The third-order valence-corrected chi connectivity index (χ3v) is 3.55. The lowest BCUT2D eigenvalue weighted by Crippen LogP contribution is -2.09. The van der Waals surface area contributed by atoms with E-state index in [2.05, 4.69) is 37.2 Å². The van der Waals surface area contributed by atoms with Crippen molar-refractivity contribution in [1.29, 1.82) is 0 Å². The van der Waals surface area contributed by atoms with E-state index in [0.29, 0.717) is 13.2 Å². The van der Waals surface area contributed by atoms with E-state index in [4.69, 9.17) is 24.5 Å². The minimum absolute atomic E-state index is 0.644. The highest BCUT2D eigenvalue weighted by atomic mass is 16.5. The number of nitrogens with zero attached hydrogens (tertiary/aromatic N) is 6. The average molecular weight is 420 g/mol. The number of aliphatic carboxylic acids is 2. The fourth-order valence-corrected chi connectivity index (χ4v) is 2.36. The predicted molar refractivity (Wildman–Crippen MR) is 109 cm³/mol. The molecule has 164 valence electrons. The second-order valence-corrected chi connectivity index (χ2v) is 6.05. The second-order valence-electron chi connectivity index (χ2n) is 6.05. The zero-order valence-electron chi connectivity index (χ0n) is 17.6. The van der Waals surface area contributed by atoms with E-state index < -0.39 is 11.9 Å². The number of aromatic nitrogens is 6. The Kier molecular flexibility index (Phi) is 10.6. The van der Waals surface area contributed by atoms with Crippen molar-refractivity contribution in [3.05, 3.63) is 43.0 Å². The van der Waals surface area contributed by atoms with Crippen molar-refractivity contribution in [2.75, 3.05) is 13.7 Å². The SMILES string of the molecule is CC(=O)O.CC(=O)O.CCn1cnc(Cn2ccnc2-c2nccn2CCOC)c1. The van der Waals surface area contributed by atoms with Gasteiger partial charge in [0.15, 0.2) is 11.6 Å².